The Hall–Kier alpha value is -1.09. The van der Waals surface area contributed by atoms with Crippen LogP contribution in [0, 0.1) is 5.82 Å². The smallest absolute Gasteiger partial charge is 0.146 e. The maximum absolute atomic E-state index is 14.1. The Bertz CT molecular complexity index is 386. The lowest BCUT2D eigenvalue weighted by Crippen LogP contribution is -2.34. The highest BCUT2D eigenvalue weighted by Gasteiger charge is 2.22. The van der Waals surface area contributed by atoms with Gasteiger partial charge >= 0.3 is 0 Å². The van der Waals surface area contributed by atoms with Crippen molar-refractivity contribution in [1.29, 1.82) is 0 Å². The van der Waals surface area contributed by atoms with E-state index in [0.29, 0.717) is 12.6 Å². The van der Waals surface area contributed by atoms with Gasteiger partial charge in [-0.05, 0) is 37.4 Å². The molecule has 0 atom stereocenters. The highest BCUT2D eigenvalue weighted by Crippen LogP contribution is 2.30. The van der Waals surface area contributed by atoms with Crippen LogP contribution in [0.5, 0.6) is 0 Å². The van der Waals surface area contributed by atoms with Crippen LogP contribution in [-0.2, 0) is 6.42 Å². The molecule has 2 N–H and O–H groups in total. The Morgan fingerprint density at radius 2 is 2.00 bits per heavy atom. The van der Waals surface area contributed by atoms with Crippen LogP contribution in [0.3, 0.4) is 0 Å². The number of rotatable bonds is 4. The summed E-state index contributed by atoms with van der Waals surface area (Å²) in [7, 11) is 2.02. The number of anilines is 1. The normalized spacial score (nSPS) is 16.8. The summed E-state index contributed by atoms with van der Waals surface area (Å²) in [4.78, 5) is 2.14. The number of para-hydroxylation sites is 1. The minimum atomic E-state index is -0.117. The van der Waals surface area contributed by atoms with Crippen LogP contribution in [-0.4, -0.2) is 19.6 Å². The molecule has 0 spiro atoms. The molecule has 1 fully saturated rings. The second-order valence-corrected chi connectivity index (χ2v) is 5.19. The lowest BCUT2D eigenvalue weighted by atomic mass is 9.93. The van der Waals surface area contributed by atoms with Crippen molar-refractivity contribution in [3.05, 3.63) is 29.6 Å². The SMILES string of the molecule is CN(c1c(F)cccc1CCN)C1CCCCC1. The molecule has 1 aliphatic carbocycles. The topological polar surface area (TPSA) is 29.3 Å². The monoisotopic (exact) mass is 250 g/mol. The first-order valence-electron chi connectivity index (χ1n) is 6.94. The molecule has 0 aromatic heterocycles. The standard InChI is InChI=1S/C15H23FN2/c1-18(13-7-3-2-4-8-13)15-12(10-11-17)6-5-9-14(15)16/h5-6,9,13H,2-4,7-8,10-11,17H2,1H3. The Morgan fingerprint density at radius 3 is 2.67 bits per heavy atom. The molecule has 0 aliphatic heterocycles. The van der Waals surface area contributed by atoms with Crippen molar-refractivity contribution in [2.75, 3.05) is 18.5 Å². The summed E-state index contributed by atoms with van der Waals surface area (Å²) >= 11 is 0. The molecule has 100 valence electrons. The van der Waals surface area contributed by atoms with E-state index in [1.54, 1.807) is 12.1 Å². The summed E-state index contributed by atoms with van der Waals surface area (Å²) in [6.45, 7) is 0.564. The van der Waals surface area contributed by atoms with E-state index in [9.17, 15) is 4.39 Å². The average Bonchev–Trinajstić information content (AvgIpc) is 2.40. The van der Waals surface area contributed by atoms with Crippen LogP contribution in [0.4, 0.5) is 10.1 Å². The number of nitrogens with zero attached hydrogens (tertiary/aromatic N) is 1. The van der Waals surface area contributed by atoms with Gasteiger partial charge in [0.2, 0.25) is 0 Å². The third-order valence-electron chi connectivity index (χ3n) is 3.96. The van der Waals surface area contributed by atoms with Crippen LogP contribution in [0.1, 0.15) is 37.7 Å². The number of benzene rings is 1. The second kappa shape index (κ2) is 6.19. The first-order chi connectivity index (χ1) is 8.74. The highest BCUT2D eigenvalue weighted by molar-refractivity contribution is 5.55. The molecule has 0 heterocycles. The van der Waals surface area contributed by atoms with E-state index >= 15 is 0 Å². The van der Waals surface area contributed by atoms with Gasteiger partial charge in [0, 0.05) is 13.1 Å². The van der Waals surface area contributed by atoms with Gasteiger partial charge in [0.05, 0.1) is 5.69 Å². The van der Waals surface area contributed by atoms with E-state index in [4.69, 9.17) is 5.73 Å². The van der Waals surface area contributed by atoms with Gasteiger partial charge in [-0.25, -0.2) is 4.39 Å². The molecular weight excluding hydrogens is 227 g/mol. The van der Waals surface area contributed by atoms with Crippen molar-refractivity contribution < 1.29 is 4.39 Å². The van der Waals surface area contributed by atoms with Crippen LogP contribution in [0.2, 0.25) is 0 Å². The molecule has 0 saturated heterocycles. The lowest BCUT2D eigenvalue weighted by molar-refractivity contribution is 0.424. The molecule has 3 heteroatoms. The molecule has 2 rings (SSSR count). The van der Waals surface area contributed by atoms with Crippen LogP contribution in [0.25, 0.3) is 0 Å². The van der Waals surface area contributed by atoms with Gasteiger partial charge in [0.15, 0.2) is 0 Å². The van der Waals surface area contributed by atoms with Gasteiger partial charge in [0.25, 0.3) is 0 Å². The zero-order valence-electron chi connectivity index (χ0n) is 11.2. The van der Waals surface area contributed by atoms with E-state index in [0.717, 1.165) is 17.7 Å². The Morgan fingerprint density at radius 1 is 1.28 bits per heavy atom. The van der Waals surface area contributed by atoms with E-state index in [1.807, 2.05) is 13.1 Å². The summed E-state index contributed by atoms with van der Waals surface area (Å²) in [5.41, 5.74) is 7.41. The van der Waals surface area contributed by atoms with Crippen molar-refractivity contribution in [2.45, 2.75) is 44.6 Å². The number of hydrogen-bond acceptors (Lipinski definition) is 2. The maximum atomic E-state index is 14.1. The number of nitrogens with two attached hydrogens (primary N) is 1. The fourth-order valence-corrected chi connectivity index (χ4v) is 2.96. The Kier molecular flexibility index (Phi) is 4.59. The Balaban J connectivity index is 2.24. The largest absolute Gasteiger partial charge is 0.369 e. The summed E-state index contributed by atoms with van der Waals surface area (Å²) in [6.07, 6.45) is 6.92. The summed E-state index contributed by atoms with van der Waals surface area (Å²) < 4.78 is 14.1. The molecule has 1 aromatic carbocycles. The molecular formula is C15H23FN2. The van der Waals surface area contributed by atoms with Gasteiger partial charge < -0.3 is 10.6 Å². The van der Waals surface area contributed by atoms with Gasteiger partial charge in [-0.1, -0.05) is 31.4 Å². The van der Waals surface area contributed by atoms with Crippen molar-refractivity contribution in [2.24, 2.45) is 5.73 Å². The van der Waals surface area contributed by atoms with Gasteiger partial charge in [-0.3, -0.25) is 0 Å². The number of hydrogen-bond donors (Lipinski definition) is 1. The minimum absolute atomic E-state index is 0.117. The van der Waals surface area contributed by atoms with Crippen LogP contribution < -0.4 is 10.6 Å². The molecule has 18 heavy (non-hydrogen) atoms. The van der Waals surface area contributed by atoms with Crippen molar-refractivity contribution in [1.82, 2.24) is 0 Å². The molecule has 2 nitrogen and oxygen atoms in total. The van der Waals surface area contributed by atoms with E-state index in [1.165, 1.54) is 32.1 Å². The van der Waals surface area contributed by atoms with Crippen molar-refractivity contribution in [3.63, 3.8) is 0 Å². The molecule has 1 saturated carbocycles. The highest BCUT2D eigenvalue weighted by atomic mass is 19.1. The predicted octanol–water partition coefficient (Wildman–Crippen LogP) is 3.10. The predicted molar refractivity (Wildman–Crippen MR) is 74.4 cm³/mol. The lowest BCUT2D eigenvalue weighted by Gasteiger charge is -2.34. The van der Waals surface area contributed by atoms with Gasteiger partial charge in [0.1, 0.15) is 5.82 Å². The molecule has 1 aromatic rings. The zero-order chi connectivity index (χ0) is 13.0. The molecule has 0 amide bonds. The van der Waals surface area contributed by atoms with E-state index in [2.05, 4.69) is 4.90 Å². The third-order valence-corrected chi connectivity index (χ3v) is 3.96. The molecule has 0 radical (unpaired) electrons. The van der Waals surface area contributed by atoms with Crippen molar-refractivity contribution >= 4 is 5.69 Å². The number of halogens is 1. The van der Waals surface area contributed by atoms with Gasteiger partial charge in [-0.2, -0.15) is 0 Å². The zero-order valence-corrected chi connectivity index (χ0v) is 11.2. The van der Waals surface area contributed by atoms with E-state index in [-0.39, 0.29) is 5.82 Å². The summed E-state index contributed by atoms with van der Waals surface area (Å²) in [5, 5.41) is 0. The quantitative estimate of drug-likeness (QED) is 0.889. The van der Waals surface area contributed by atoms with Crippen LogP contribution in [0.15, 0.2) is 18.2 Å². The summed E-state index contributed by atoms with van der Waals surface area (Å²) in [5.74, 6) is -0.117. The fraction of sp³-hybridized carbons (Fsp3) is 0.600. The average molecular weight is 250 g/mol. The Labute approximate surface area is 109 Å². The third kappa shape index (κ3) is 2.83. The first kappa shape index (κ1) is 13.3. The fourth-order valence-electron chi connectivity index (χ4n) is 2.96. The van der Waals surface area contributed by atoms with Crippen LogP contribution >= 0.6 is 0 Å². The van der Waals surface area contributed by atoms with Crippen molar-refractivity contribution in [3.8, 4) is 0 Å². The van der Waals surface area contributed by atoms with Gasteiger partial charge in [-0.15, -0.1) is 0 Å². The van der Waals surface area contributed by atoms with E-state index < -0.39 is 0 Å². The molecule has 0 bridgehead atoms. The summed E-state index contributed by atoms with van der Waals surface area (Å²) in [6, 6.07) is 5.80. The molecule has 1 aliphatic rings. The maximum Gasteiger partial charge on any atom is 0.146 e. The minimum Gasteiger partial charge on any atom is -0.369 e. The second-order valence-electron chi connectivity index (χ2n) is 5.19. The first-order valence-corrected chi connectivity index (χ1v) is 6.94. The molecule has 0 unspecified atom stereocenters.